The molecule has 154 valence electrons. The standard InChI is InChI=1S/C21H26IN5OS/c1-21(2,3)25-7-4-9-27-15-5-8-24-19(23)18(15)26-20(27)29-17-12-16-13(6-10-28-16)11-14(17)22/h5,8,11-12,25H,4,6-7,9-10H2,1-3H3,(H2,23,24)/i22+4. The number of fused-ring (bicyclic) bond motifs is 2. The lowest BCUT2D eigenvalue weighted by molar-refractivity contribution is 0.356. The molecule has 3 aromatic rings. The minimum Gasteiger partial charge on any atom is -0.493 e. The van der Waals surface area contributed by atoms with Gasteiger partial charge in [-0.25, -0.2) is 9.97 Å². The Bertz CT molecular complexity index is 1040. The van der Waals surface area contributed by atoms with Gasteiger partial charge in [0.1, 0.15) is 11.3 Å². The summed E-state index contributed by atoms with van der Waals surface area (Å²) in [6.07, 6.45) is 3.74. The molecule has 0 atom stereocenters. The van der Waals surface area contributed by atoms with E-state index in [2.05, 4.69) is 70.4 Å². The molecule has 29 heavy (non-hydrogen) atoms. The molecule has 0 radical (unpaired) electrons. The van der Waals surface area contributed by atoms with Crippen LogP contribution >= 0.6 is 34.4 Å². The predicted octanol–water partition coefficient (Wildman–Crippen LogP) is 4.48. The number of aryl methyl sites for hydroxylation is 1. The summed E-state index contributed by atoms with van der Waals surface area (Å²) in [6.45, 7) is 9.13. The summed E-state index contributed by atoms with van der Waals surface area (Å²) in [4.78, 5) is 10.2. The average molecular weight is 527 g/mol. The van der Waals surface area contributed by atoms with E-state index < -0.39 is 0 Å². The number of anilines is 1. The molecule has 3 heterocycles. The molecule has 0 unspecified atom stereocenters. The van der Waals surface area contributed by atoms with Crippen molar-refractivity contribution in [2.45, 2.75) is 55.7 Å². The van der Waals surface area contributed by atoms with E-state index in [1.54, 1.807) is 18.0 Å². The maximum Gasteiger partial charge on any atom is 0.174 e. The third-order valence-corrected chi connectivity index (χ3v) is 7.13. The first-order valence-electron chi connectivity index (χ1n) is 9.80. The molecule has 1 aromatic carbocycles. The first-order chi connectivity index (χ1) is 13.8. The fourth-order valence-corrected chi connectivity index (χ4v) is 5.22. The van der Waals surface area contributed by atoms with E-state index in [0.717, 1.165) is 59.4 Å². The Morgan fingerprint density at radius 1 is 1.34 bits per heavy atom. The fourth-order valence-electron chi connectivity index (χ4n) is 3.40. The van der Waals surface area contributed by atoms with Crippen LogP contribution in [0.3, 0.4) is 0 Å². The van der Waals surface area contributed by atoms with Crippen LogP contribution in [0.4, 0.5) is 5.82 Å². The van der Waals surface area contributed by atoms with Gasteiger partial charge in [0.05, 0.1) is 12.1 Å². The van der Waals surface area contributed by atoms with Crippen molar-refractivity contribution in [3.63, 3.8) is 0 Å². The van der Waals surface area contributed by atoms with Gasteiger partial charge in [0.2, 0.25) is 0 Å². The number of hydrogen-bond acceptors (Lipinski definition) is 6. The normalized spacial score (nSPS) is 13.7. The van der Waals surface area contributed by atoms with Gasteiger partial charge >= 0.3 is 0 Å². The van der Waals surface area contributed by atoms with Gasteiger partial charge in [0.15, 0.2) is 11.0 Å². The summed E-state index contributed by atoms with van der Waals surface area (Å²) in [5.74, 6) is 1.47. The Morgan fingerprint density at radius 2 is 2.17 bits per heavy atom. The monoisotopic (exact) mass is 527 g/mol. The zero-order valence-electron chi connectivity index (χ0n) is 17.0. The van der Waals surface area contributed by atoms with E-state index in [1.807, 2.05) is 6.07 Å². The largest absolute Gasteiger partial charge is 0.493 e. The van der Waals surface area contributed by atoms with Crippen LogP contribution in [-0.4, -0.2) is 33.2 Å². The third-order valence-electron chi connectivity index (χ3n) is 4.82. The first-order valence-corrected chi connectivity index (χ1v) is 11.7. The topological polar surface area (TPSA) is 78.0 Å². The number of hydrogen-bond donors (Lipinski definition) is 2. The number of halogens is 1. The molecule has 0 amide bonds. The summed E-state index contributed by atoms with van der Waals surface area (Å²) >= 11 is 4.07. The second kappa shape index (κ2) is 8.31. The van der Waals surface area contributed by atoms with Crippen LogP contribution < -0.4 is 15.8 Å². The summed E-state index contributed by atoms with van der Waals surface area (Å²) in [5, 5.41) is 4.49. The molecule has 1 aliphatic rings. The molecule has 3 N–H and O–H groups in total. The quantitative estimate of drug-likeness (QED) is 0.364. The molecule has 0 aliphatic carbocycles. The fraction of sp³-hybridized carbons (Fsp3) is 0.429. The van der Waals surface area contributed by atoms with Crippen LogP contribution in [0, 0.1) is 3.57 Å². The highest BCUT2D eigenvalue weighted by atomic mass is 131. The lowest BCUT2D eigenvalue weighted by atomic mass is 10.1. The Balaban J connectivity index is 1.64. The van der Waals surface area contributed by atoms with E-state index in [1.165, 1.54) is 9.13 Å². The van der Waals surface area contributed by atoms with Gasteiger partial charge in [0, 0.05) is 33.2 Å². The molecule has 6 nitrogen and oxygen atoms in total. The minimum absolute atomic E-state index is 0.115. The minimum atomic E-state index is 0.115. The highest BCUT2D eigenvalue weighted by Crippen LogP contribution is 2.39. The molecule has 0 saturated carbocycles. The number of pyridine rings is 1. The van der Waals surface area contributed by atoms with Crippen molar-refractivity contribution < 1.29 is 4.74 Å². The van der Waals surface area contributed by atoms with Crippen molar-refractivity contribution in [3.8, 4) is 5.75 Å². The van der Waals surface area contributed by atoms with Gasteiger partial charge in [-0.3, -0.25) is 0 Å². The third kappa shape index (κ3) is 4.64. The number of benzene rings is 1. The second-order valence-electron chi connectivity index (χ2n) is 8.23. The van der Waals surface area contributed by atoms with E-state index >= 15 is 0 Å². The van der Waals surface area contributed by atoms with Crippen LogP contribution in [0.2, 0.25) is 0 Å². The lowest BCUT2D eigenvalue weighted by Crippen LogP contribution is -2.36. The summed E-state index contributed by atoms with van der Waals surface area (Å²) in [5.41, 5.74) is 9.32. The SMILES string of the molecule is CC(C)(C)NCCCn1c(Sc2cc3c(cc2[131I])CCO3)nc2c(N)nccc21. The van der Waals surface area contributed by atoms with Crippen LogP contribution in [0.25, 0.3) is 11.0 Å². The number of nitrogens with zero attached hydrogens (tertiary/aromatic N) is 3. The van der Waals surface area contributed by atoms with Crippen LogP contribution in [0.5, 0.6) is 5.75 Å². The summed E-state index contributed by atoms with van der Waals surface area (Å²) in [7, 11) is 0. The first kappa shape index (κ1) is 20.7. The van der Waals surface area contributed by atoms with E-state index in [0.29, 0.717) is 5.82 Å². The lowest BCUT2D eigenvalue weighted by Gasteiger charge is -2.20. The van der Waals surface area contributed by atoms with Gasteiger partial charge in [-0.2, -0.15) is 0 Å². The van der Waals surface area contributed by atoms with Crippen molar-refractivity contribution in [3.05, 3.63) is 33.5 Å². The maximum atomic E-state index is 6.12. The van der Waals surface area contributed by atoms with Crippen molar-refractivity contribution in [1.29, 1.82) is 0 Å². The number of imidazole rings is 1. The van der Waals surface area contributed by atoms with E-state index in [4.69, 9.17) is 15.5 Å². The number of nitrogens with one attached hydrogen (secondary N) is 1. The highest BCUT2D eigenvalue weighted by Gasteiger charge is 2.19. The number of nitrogens with two attached hydrogens (primary N) is 1. The zero-order chi connectivity index (χ0) is 20.6. The van der Waals surface area contributed by atoms with Crippen molar-refractivity contribution in [1.82, 2.24) is 19.9 Å². The molecule has 0 spiro atoms. The second-order valence-corrected chi connectivity index (χ2v) is 10.4. The molecule has 2 aromatic heterocycles. The Hall–Kier alpha value is -1.52. The van der Waals surface area contributed by atoms with Crippen LogP contribution in [0.1, 0.15) is 32.8 Å². The van der Waals surface area contributed by atoms with Crippen molar-refractivity contribution in [2.24, 2.45) is 0 Å². The maximum absolute atomic E-state index is 6.12. The van der Waals surface area contributed by atoms with E-state index in [9.17, 15) is 0 Å². The van der Waals surface area contributed by atoms with Gasteiger partial charge < -0.3 is 20.4 Å². The Labute approximate surface area is 189 Å². The molecule has 4 rings (SSSR count). The zero-order valence-corrected chi connectivity index (χ0v) is 19.9. The molecule has 0 saturated heterocycles. The highest BCUT2D eigenvalue weighted by molar-refractivity contribution is 14.1. The van der Waals surface area contributed by atoms with Crippen LogP contribution in [0.15, 0.2) is 34.4 Å². The average Bonchev–Trinajstić information content (AvgIpc) is 3.23. The summed E-state index contributed by atoms with van der Waals surface area (Å²) in [6, 6.07) is 6.36. The molecule has 0 fully saturated rings. The number of ether oxygens (including phenoxy) is 1. The van der Waals surface area contributed by atoms with Gasteiger partial charge in [-0.15, -0.1) is 0 Å². The van der Waals surface area contributed by atoms with Crippen molar-refractivity contribution >= 4 is 51.2 Å². The van der Waals surface area contributed by atoms with E-state index in [-0.39, 0.29) is 5.54 Å². The van der Waals surface area contributed by atoms with Crippen LogP contribution in [-0.2, 0) is 13.0 Å². The van der Waals surface area contributed by atoms with Gasteiger partial charge in [-0.05, 0) is 80.1 Å². The Morgan fingerprint density at radius 3 is 2.97 bits per heavy atom. The van der Waals surface area contributed by atoms with Gasteiger partial charge in [0.25, 0.3) is 0 Å². The smallest absolute Gasteiger partial charge is 0.174 e. The van der Waals surface area contributed by atoms with Crippen molar-refractivity contribution in [2.75, 3.05) is 18.9 Å². The molecule has 8 heteroatoms. The van der Waals surface area contributed by atoms with Gasteiger partial charge in [-0.1, -0.05) is 11.8 Å². The number of rotatable bonds is 6. The Kier molecular flexibility index (Phi) is 5.94. The number of aromatic nitrogens is 3. The molecule has 0 bridgehead atoms. The molecule has 1 aliphatic heterocycles. The summed E-state index contributed by atoms with van der Waals surface area (Å²) < 4.78 is 9.24. The molecular weight excluding hydrogens is 501 g/mol. The predicted molar refractivity (Wildman–Crippen MR) is 127 cm³/mol. The number of nitrogen functional groups attached to an aromatic ring is 1. The molecular formula is C21H26IN5OS.